The van der Waals surface area contributed by atoms with Crippen LogP contribution in [0, 0.1) is 5.92 Å². The molecule has 0 N–H and O–H groups in total. The van der Waals surface area contributed by atoms with Gasteiger partial charge in [-0.15, -0.1) is 6.58 Å². The first-order valence-electron chi connectivity index (χ1n) is 5.26. The molecule has 1 rings (SSSR count). The minimum atomic E-state index is 0.461. The van der Waals surface area contributed by atoms with Crippen LogP contribution < -0.4 is 4.74 Å². The Kier molecular flexibility index (Phi) is 5.17. The minimum absolute atomic E-state index is 0.461. The summed E-state index contributed by atoms with van der Waals surface area (Å²) in [5.74, 6) is 1.18. The van der Waals surface area contributed by atoms with E-state index in [2.05, 4.69) is 20.4 Å². The molecular weight excluding hydrogens is 243 g/mol. The second-order valence-electron chi connectivity index (χ2n) is 4.07. The zero-order chi connectivity index (χ0) is 12.1. The molecule has 0 spiro atoms. The van der Waals surface area contributed by atoms with Crippen LogP contribution in [0.5, 0.6) is 5.75 Å². The van der Waals surface area contributed by atoms with Gasteiger partial charge in [-0.1, -0.05) is 43.1 Å². The summed E-state index contributed by atoms with van der Waals surface area (Å²) in [6, 6.07) is 3.57. The van der Waals surface area contributed by atoms with Crippen LogP contribution in [-0.2, 0) is 6.42 Å². The highest BCUT2D eigenvalue weighted by Gasteiger charge is 2.10. The van der Waals surface area contributed by atoms with E-state index in [1.165, 1.54) is 0 Å². The van der Waals surface area contributed by atoms with Crippen LogP contribution in [0.15, 0.2) is 24.8 Å². The van der Waals surface area contributed by atoms with Gasteiger partial charge < -0.3 is 4.74 Å². The van der Waals surface area contributed by atoms with Crippen molar-refractivity contribution < 1.29 is 4.74 Å². The lowest BCUT2D eigenvalue weighted by molar-refractivity contribution is 0.269. The largest absolute Gasteiger partial charge is 0.491 e. The van der Waals surface area contributed by atoms with Crippen LogP contribution in [0.4, 0.5) is 0 Å². The van der Waals surface area contributed by atoms with Crippen LogP contribution >= 0.6 is 23.2 Å². The fourth-order valence-electron chi connectivity index (χ4n) is 1.33. The summed E-state index contributed by atoms with van der Waals surface area (Å²) in [5.41, 5.74) is 0.980. The summed E-state index contributed by atoms with van der Waals surface area (Å²) in [6.07, 6.45) is 2.51. The zero-order valence-electron chi connectivity index (χ0n) is 9.59. The highest BCUT2D eigenvalue weighted by molar-refractivity contribution is 6.35. The lowest BCUT2D eigenvalue weighted by atomic mass is 10.1. The van der Waals surface area contributed by atoms with Crippen molar-refractivity contribution in [1.82, 2.24) is 0 Å². The van der Waals surface area contributed by atoms with Crippen LogP contribution in [0.1, 0.15) is 19.4 Å². The average Bonchev–Trinajstić information content (AvgIpc) is 2.16. The second-order valence-corrected chi connectivity index (χ2v) is 4.92. The lowest BCUT2D eigenvalue weighted by Gasteiger charge is -2.14. The molecule has 3 heteroatoms. The van der Waals surface area contributed by atoms with E-state index in [0.29, 0.717) is 29.0 Å². The van der Waals surface area contributed by atoms with E-state index < -0.39 is 0 Å². The normalized spacial score (nSPS) is 10.6. The van der Waals surface area contributed by atoms with Crippen LogP contribution in [0.3, 0.4) is 0 Å². The summed E-state index contributed by atoms with van der Waals surface area (Å²) >= 11 is 12.1. The molecule has 1 nitrogen and oxygen atoms in total. The molecule has 0 aliphatic rings. The van der Waals surface area contributed by atoms with Crippen molar-refractivity contribution >= 4 is 23.2 Å². The molecule has 16 heavy (non-hydrogen) atoms. The monoisotopic (exact) mass is 258 g/mol. The van der Waals surface area contributed by atoms with Gasteiger partial charge in [0.2, 0.25) is 0 Å². The van der Waals surface area contributed by atoms with Crippen molar-refractivity contribution in [2.45, 2.75) is 20.3 Å². The Hall–Kier alpha value is -0.660. The third kappa shape index (κ3) is 3.73. The molecule has 88 valence electrons. The molecule has 0 unspecified atom stereocenters. The minimum Gasteiger partial charge on any atom is -0.491 e. The Morgan fingerprint density at radius 3 is 2.62 bits per heavy atom. The van der Waals surface area contributed by atoms with E-state index >= 15 is 0 Å². The van der Waals surface area contributed by atoms with Crippen LogP contribution in [-0.4, -0.2) is 6.61 Å². The van der Waals surface area contributed by atoms with Crippen molar-refractivity contribution in [3.05, 3.63) is 40.4 Å². The maximum Gasteiger partial charge on any atom is 0.141 e. The Bertz CT molecular complexity index is 372. The highest BCUT2D eigenvalue weighted by Crippen LogP contribution is 2.33. The van der Waals surface area contributed by atoms with E-state index in [1.54, 1.807) is 6.07 Å². The van der Waals surface area contributed by atoms with Gasteiger partial charge in [-0.05, 0) is 24.5 Å². The Balaban J connectivity index is 2.98. The number of hydrogen-bond acceptors (Lipinski definition) is 1. The highest BCUT2D eigenvalue weighted by atomic mass is 35.5. The van der Waals surface area contributed by atoms with Gasteiger partial charge in [0.1, 0.15) is 5.75 Å². The fraction of sp³-hybridized carbons (Fsp3) is 0.385. The maximum absolute atomic E-state index is 6.11. The van der Waals surface area contributed by atoms with Gasteiger partial charge in [0.05, 0.1) is 11.6 Å². The van der Waals surface area contributed by atoms with Gasteiger partial charge in [0, 0.05) is 10.6 Å². The molecule has 1 aromatic carbocycles. The predicted molar refractivity (Wildman–Crippen MR) is 70.7 cm³/mol. The number of hydrogen-bond donors (Lipinski definition) is 0. The first-order chi connectivity index (χ1) is 7.54. The summed E-state index contributed by atoms with van der Waals surface area (Å²) in [4.78, 5) is 0. The predicted octanol–water partition coefficient (Wildman–Crippen LogP) is 4.76. The molecule has 0 saturated carbocycles. The van der Waals surface area contributed by atoms with Gasteiger partial charge >= 0.3 is 0 Å². The van der Waals surface area contributed by atoms with Gasteiger partial charge in [0.25, 0.3) is 0 Å². The topological polar surface area (TPSA) is 9.23 Å². The summed E-state index contributed by atoms with van der Waals surface area (Å²) in [5, 5.41) is 1.18. The molecule has 0 radical (unpaired) electrons. The molecule has 0 bridgehead atoms. The Labute approximate surface area is 107 Å². The average molecular weight is 259 g/mol. The molecule has 0 amide bonds. The molecule has 0 atom stereocenters. The number of rotatable bonds is 5. The first kappa shape index (κ1) is 13.4. The summed E-state index contributed by atoms with van der Waals surface area (Å²) in [7, 11) is 0. The summed E-state index contributed by atoms with van der Waals surface area (Å²) in [6.45, 7) is 8.54. The fourth-order valence-corrected chi connectivity index (χ4v) is 1.92. The van der Waals surface area contributed by atoms with E-state index in [-0.39, 0.29) is 0 Å². The van der Waals surface area contributed by atoms with Gasteiger partial charge in [0.15, 0.2) is 0 Å². The van der Waals surface area contributed by atoms with Crippen LogP contribution in [0.2, 0.25) is 10.0 Å². The quantitative estimate of drug-likeness (QED) is 0.693. The van der Waals surface area contributed by atoms with Gasteiger partial charge in [-0.25, -0.2) is 0 Å². The van der Waals surface area contributed by atoms with Crippen molar-refractivity contribution in [2.24, 2.45) is 5.92 Å². The van der Waals surface area contributed by atoms with Gasteiger partial charge in [-0.2, -0.15) is 0 Å². The van der Waals surface area contributed by atoms with E-state index in [0.717, 1.165) is 11.3 Å². The number of allylic oxidation sites excluding steroid dienone is 1. The number of benzene rings is 1. The second kappa shape index (κ2) is 6.17. The molecule has 0 saturated heterocycles. The Morgan fingerprint density at radius 2 is 2.06 bits per heavy atom. The molecule has 0 aliphatic carbocycles. The lowest BCUT2D eigenvalue weighted by Crippen LogP contribution is -2.06. The number of ether oxygens (including phenoxy) is 1. The maximum atomic E-state index is 6.11. The smallest absolute Gasteiger partial charge is 0.141 e. The van der Waals surface area contributed by atoms with Crippen LogP contribution in [0.25, 0.3) is 0 Å². The molecule has 0 heterocycles. The third-order valence-corrected chi connectivity index (χ3v) is 2.51. The molecule has 1 aromatic rings. The van der Waals surface area contributed by atoms with Crippen molar-refractivity contribution in [1.29, 1.82) is 0 Å². The molecule has 0 fully saturated rings. The number of halogens is 2. The van der Waals surface area contributed by atoms with Crippen molar-refractivity contribution in [2.75, 3.05) is 6.61 Å². The van der Waals surface area contributed by atoms with E-state index in [1.807, 2.05) is 12.1 Å². The van der Waals surface area contributed by atoms with Crippen molar-refractivity contribution in [3.8, 4) is 5.75 Å². The van der Waals surface area contributed by atoms with E-state index in [4.69, 9.17) is 27.9 Å². The standard InChI is InChI=1S/C13H16Cl2O/c1-4-5-10-6-11(14)7-12(15)13(10)16-8-9(2)3/h4,6-7,9H,1,5,8H2,2-3H3. The summed E-state index contributed by atoms with van der Waals surface area (Å²) < 4.78 is 5.70. The zero-order valence-corrected chi connectivity index (χ0v) is 11.1. The Morgan fingerprint density at radius 1 is 1.38 bits per heavy atom. The SMILES string of the molecule is C=CCc1cc(Cl)cc(Cl)c1OCC(C)C. The third-order valence-electron chi connectivity index (χ3n) is 2.01. The van der Waals surface area contributed by atoms with Crippen molar-refractivity contribution in [3.63, 3.8) is 0 Å². The molecule has 0 aromatic heterocycles. The molecule has 0 aliphatic heterocycles. The first-order valence-corrected chi connectivity index (χ1v) is 6.01. The van der Waals surface area contributed by atoms with Gasteiger partial charge in [-0.3, -0.25) is 0 Å². The van der Waals surface area contributed by atoms with E-state index in [9.17, 15) is 0 Å². The molecular formula is C13H16Cl2O.